The average Bonchev–Trinajstić information content (AvgIpc) is 2.76. The van der Waals surface area contributed by atoms with Gasteiger partial charge in [-0.2, -0.15) is 0 Å². The van der Waals surface area contributed by atoms with Crippen LogP contribution in [0.3, 0.4) is 0 Å². The van der Waals surface area contributed by atoms with Gasteiger partial charge in [0.15, 0.2) is 0 Å². The Morgan fingerprint density at radius 3 is 2.60 bits per heavy atom. The van der Waals surface area contributed by atoms with Gasteiger partial charge >= 0.3 is 0 Å². The molecular weight excluding hydrogens is 386 g/mol. The van der Waals surface area contributed by atoms with Crippen molar-refractivity contribution in [3.05, 3.63) is 48.0 Å². The van der Waals surface area contributed by atoms with E-state index in [0.717, 1.165) is 19.5 Å². The first-order valence-corrected chi connectivity index (χ1v) is 10.5. The van der Waals surface area contributed by atoms with E-state index in [9.17, 15) is 14.7 Å². The Kier molecular flexibility index (Phi) is 8.82. The summed E-state index contributed by atoms with van der Waals surface area (Å²) >= 11 is 0. The summed E-state index contributed by atoms with van der Waals surface area (Å²) in [5.74, 6) is -0.224. The fraction of sp³-hybridized carbons (Fsp3) is 0.545. The molecule has 2 heterocycles. The lowest BCUT2D eigenvalue weighted by Crippen LogP contribution is -2.52. The van der Waals surface area contributed by atoms with Gasteiger partial charge in [-0.15, -0.1) is 0 Å². The molecule has 2 aliphatic rings. The molecule has 0 bridgehead atoms. The number of nitrogens with zero attached hydrogens (tertiary/aromatic N) is 1. The number of morpholine rings is 1. The van der Waals surface area contributed by atoms with Crippen molar-refractivity contribution in [2.75, 3.05) is 46.0 Å². The lowest BCUT2D eigenvalue weighted by molar-refractivity contribution is -0.129. The molecule has 0 unspecified atom stereocenters. The lowest BCUT2D eigenvalue weighted by Gasteiger charge is -2.32. The summed E-state index contributed by atoms with van der Waals surface area (Å²) in [6.07, 6.45) is 3.53. The molecule has 1 aromatic carbocycles. The molecule has 30 heavy (non-hydrogen) atoms. The third-order valence-corrected chi connectivity index (χ3v) is 5.23. The van der Waals surface area contributed by atoms with E-state index in [2.05, 4.69) is 10.6 Å². The largest absolute Gasteiger partial charge is 0.394 e. The third-order valence-electron chi connectivity index (χ3n) is 5.23. The number of carbonyl (C=O) groups is 2. The van der Waals surface area contributed by atoms with E-state index in [1.54, 1.807) is 6.08 Å². The number of benzene rings is 1. The zero-order valence-electron chi connectivity index (χ0n) is 17.2. The van der Waals surface area contributed by atoms with Gasteiger partial charge in [-0.1, -0.05) is 42.5 Å². The molecule has 0 spiro atoms. The number of nitrogens with one attached hydrogen (secondary N) is 2. The van der Waals surface area contributed by atoms with Crippen LogP contribution in [-0.4, -0.2) is 86.1 Å². The van der Waals surface area contributed by atoms with E-state index in [1.807, 2.05) is 41.3 Å². The molecule has 164 valence electrons. The third kappa shape index (κ3) is 7.21. The van der Waals surface area contributed by atoms with Gasteiger partial charge in [0.1, 0.15) is 6.10 Å². The summed E-state index contributed by atoms with van der Waals surface area (Å²) in [5.41, 5.74) is 1.17. The van der Waals surface area contributed by atoms with Gasteiger partial charge in [-0.3, -0.25) is 14.5 Å². The van der Waals surface area contributed by atoms with E-state index in [4.69, 9.17) is 9.47 Å². The summed E-state index contributed by atoms with van der Waals surface area (Å²) in [7, 11) is 0. The van der Waals surface area contributed by atoms with E-state index in [1.165, 1.54) is 5.56 Å². The van der Waals surface area contributed by atoms with Crippen LogP contribution in [0.15, 0.2) is 42.5 Å². The first-order valence-electron chi connectivity index (χ1n) is 10.5. The van der Waals surface area contributed by atoms with Crippen LogP contribution in [0.2, 0.25) is 0 Å². The zero-order chi connectivity index (χ0) is 21.2. The Bertz CT molecular complexity index is 706. The maximum absolute atomic E-state index is 12.3. The Morgan fingerprint density at radius 2 is 1.87 bits per heavy atom. The summed E-state index contributed by atoms with van der Waals surface area (Å²) < 4.78 is 11.1. The highest BCUT2D eigenvalue weighted by Gasteiger charge is 2.29. The van der Waals surface area contributed by atoms with E-state index >= 15 is 0 Å². The molecule has 3 atom stereocenters. The SMILES string of the molecule is O=C(C[C@H]1C=C[C@@H](NC(=O)CN2CCOCC2)[C@H](CO)O1)NCCc1ccccc1. The van der Waals surface area contributed by atoms with Gasteiger partial charge in [0.05, 0.1) is 44.9 Å². The molecule has 3 rings (SSSR count). The number of hydrogen-bond acceptors (Lipinski definition) is 6. The normalized spacial score (nSPS) is 24.4. The van der Waals surface area contributed by atoms with Crippen LogP contribution in [-0.2, 0) is 25.5 Å². The van der Waals surface area contributed by atoms with Crippen molar-refractivity contribution in [3.63, 3.8) is 0 Å². The molecule has 2 aliphatic heterocycles. The molecule has 8 nitrogen and oxygen atoms in total. The lowest BCUT2D eigenvalue weighted by atomic mass is 10.0. The number of aliphatic hydroxyl groups excluding tert-OH is 1. The van der Waals surface area contributed by atoms with Gasteiger partial charge in [0.25, 0.3) is 0 Å². The minimum absolute atomic E-state index is 0.105. The summed E-state index contributed by atoms with van der Waals surface area (Å²) in [4.78, 5) is 26.5. The Balaban J connectivity index is 1.41. The summed E-state index contributed by atoms with van der Waals surface area (Å²) in [5, 5.41) is 15.5. The van der Waals surface area contributed by atoms with Crippen molar-refractivity contribution < 1.29 is 24.2 Å². The molecule has 2 amide bonds. The molecule has 0 radical (unpaired) electrons. The van der Waals surface area contributed by atoms with Crippen LogP contribution in [0.1, 0.15) is 12.0 Å². The second-order valence-electron chi connectivity index (χ2n) is 7.55. The fourth-order valence-electron chi connectivity index (χ4n) is 3.58. The number of carbonyl (C=O) groups excluding carboxylic acids is 2. The van der Waals surface area contributed by atoms with Gasteiger partial charge in [0.2, 0.25) is 11.8 Å². The van der Waals surface area contributed by atoms with E-state index < -0.39 is 18.2 Å². The van der Waals surface area contributed by atoms with Crippen molar-refractivity contribution >= 4 is 11.8 Å². The number of aliphatic hydroxyl groups is 1. The van der Waals surface area contributed by atoms with Gasteiger partial charge in [0, 0.05) is 19.6 Å². The van der Waals surface area contributed by atoms with Crippen molar-refractivity contribution in [1.82, 2.24) is 15.5 Å². The molecule has 8 heteroatoms. The molecule has 1 fully saturated rings. The maximum atomic E-state index is 12.3. The van der Waals surface area contributed by atoms with E-state index in [-0.39, 0.29) is 24.8 Å². The Hall–Kier alpha value is -2.26. The molecule has 1 aromatic rings. The predicted molar refractivity (Wildman–Crippen MR) is 112 cm³/mol. The second-order valence-corrected chi connectivity index (χ2v) is 7.55. The molecule has 0 aromatic heterocycles. The van der Waals surface area contributed by atoms with Gasteiger partial charge in [-0.25, -0.2) is 0 Å². The van der Waals surface area contributed by atoms with Crippen LogP contribution in [0, 0.1) is 0 Å². The second kappa shape index (κ2) is 11.8. The van der Waals surface area contributed by atoms with Crippen LogP contribution < -0.4 is 10.6 Å². The molecule has 0 saturated carbocycles. The number of ether oxygens (including phenoxy) is 2. The Labute approximate surface area is 177 Å². The average molecular weight is 418 g/mol. The maximum Gasteiger partial charge on any atom is 0.234 e. The first-order chi connectivity index (χ1) is 14.6. The zero-order valence-corrected chi connectivity index (χ0v) is 17.2. The van der Waals surface area contributed by atoms with Crippen LogP contribution >= 0.6 is 0 Å². The highest BCUT2D eigenvalue weighted by molar-refractivity contribution is 5.79. The minimum atomic E-state index is -0.578. The first kappa shape index (κ1) is 22.4. The smallest absolute Gasteiger partial charge is 0.234 e. The van der Waals surface area contributed by atoms with Gasteiger partial charge in [-0.05, 0) is 12.0 Å². The van der Waals surface area contributed by atoms with Crippen LogP contribution in [0.25, 0.3) is 0 Å². The topological polar surface area (TPSA) is 100 Å². The van der Waals surface area contributed by atoms with Crippen LogP contribution in [0.4, 0.5) is 0 Å². The summed E-state index contributed by atoms with van der Waals surface area (Å²) in [6, 6.07) is 9.55. The van der Waals surface area contributed by atoms with Gasteiger partial charge < -0.3 is 25.2 Å². The molecular formula is C22H31N3O5. The monoisotopic (exact) mass is 417 g/mol. The van der Waals surface area contributed by atoms with Crippen molar-refractivity contribution in [2.45, 2.75) is 31.1 Å². The Morgan fingerprint density at radius 1 is 1.10 bits per heavy atom. The highest BCUT2D eigenvalue weighted by Crippen LogP contribution is 2.16. The number of hydrogen-bond donors (Lipinski definition) is 3. The summed E-state index contributed by atoms with van der Waals surface area (Å²) in [6.45, 7) is 3.34. The van der Waals surface area contributed by atoms with Crippen molar-refractivity contribution in [1.29, 1.82) is 0 Å². The fourth-order valence-corrected chi connectivity index (χ4v) is 3.58. The standard InChI is InChI=1S/C22H31N3O5/c26-16-20-19(24-22(28)15-25-10-12-29-13-11-25)7-6-18(30-20)14-21(27)23-9-8-17-4-2-1-3-5-17/h1-7,18-20,26H,8-16H2,(H,23,27)(H,24,28)/t18-,19-,20+/m1/s1. The number of amides is 2. The van der Waals surface area contributed by atoms with Crippen molar-refractivity contribution in [2.24, 2.45) is 0 Å². The van der Waals surface area contributed by atoms with Crippen molar-refractivity contribution in [3.8, 4) is 0 Å². The quantitative estimate of drug-likeness (QED) is 0.484. The molecule has 3 N–H and O–H groups in total. The molecule has 1 saturated heterocycles. The number of rotatable bonds is 9. The van der Waals surface area contributed by atoms with E-state index in [0.29, 0.717) is 26.3 Å². The molecule has 0 aliphatic carbocycles. The minimum Gasteiger partial charge on any atom is -0.394 e. The van der Waals surface area contributed by atoms with Crippen LogP contribution in [0.5, 0.6) is 0 Å². The predicted octanol–water partition coefficient (Wildman–Crippen LogP) is -0.132. The highest BCUT2D eigenvalue weighted by atomic mass is 16.5.